The van der Waals surface area contributed by atoms with Crippen LogP contribution in [0.2, 0.25) is 0 Å². The van der Waals surface area contributed by atoms with E-state index in [1.54, 1.807) is 0 Å². The van der Waals surface area contributed by atoms with E-state index in [4.69, 9.17) is 10.2 Å². The number of nitrogens with two attached hydrogens (primary N) is 1. The predicted molar refractivity (Wildman–Crippen MR) is 86.5 cm³/mol. The summed E-state index contributed by atoms with van der Waals surface area (Å²) in [5, 5.41) is 0.892. The minimum Gasteiger partial charge on any atom is -0.421 e. The Morgan fingerprint density at radius 1 is 1.20 bits per heavy atom. The van der Waals surface area contributed by atoms with Crippen molar-refractivity contribution in [3.8, 4) is 0 Å². The van der Waals surface area contributed by atoms with Crippen LogP contribution in [0.5, 0.6) is 0 Å². The first kappa shape index (κ1) is 16.1. The molecule has 0 unspecified atom stereocenters. The van der Waals surface area contributed by atoms with Crippen LogP contribution in [-0.2, 0) is 0 Å². The molecule has 0 fully saturated rings. The highest BCUT2D eigenvalue weighted by Crippen LogP contribution is 2.25. The van der Waals surface area contributed by atoms with E-state index in [1.165, 1.54) is 0 Å². The van der Waals surface area contributed by atoms with Crippen molar-refractivity contribution < 1.29 is 4.42 Å². The standard InChI is InChI=1S/C14H18N2O2.C2H6/c1-4-16(5-2)10-6-7-11-9(3)13(15)14(17)18-12(11)8-10;1-2/h6-8H,4-5,15H2,1-3H3;1-2H3. The summed E-state index contributed by atoms with van der Waals surface area (Å²) in [5.74, 6) is 0. The Kier molecular flexibility index (Phi) is 5.62. The van der Waals surface area contributed by atoms with Crippen molar-refractivity contribution in [1.29, 1.82) is 0 Å². The maximum Gasteiger partial charge on any atom is 0.359 e. The van der Waals surface area contributed by atoms with Gasteiger partial charge in [-0.25, -0.2) is 4.79 Å². The molecule has 2 rings (SSSR count). The van der Waals surface area contributed by atoms with E-state index in [2.05, 4.69) is 18.7 Å². The number of fused-ring (bicyclic) bond motifs is 1. The van der Waals surface area contributed by atoms with Gasteiger partial charge in [0.25, 0.3) is 0 Å². The molecule has 1 heterocycles. The average molecular weight is 276 g/mol. The van der Waals surface area contributed by atoms with Gasteiger partial charge < -0.3 is 15.1 Å². The van der Waals surface area contributed by atoms with Gasteiger partial charge in [0.05, 0.1) is 0 Å². The second-order valence-corrected chi connectivity index (χ2v) is 4.28. The molecule has 0 aliphatic carbocycles. The van der Waals surface area contributed by atoms with Gasteiger partial charge in [-0.05, 0) is 38.5 Å². The summed E-state index contributed by atoms with van der Waals surface area (Å²) in [6.07, 6.45) is 0. The zero-order valence-electron chi connectivity index (χ0n) is 13.0. The molecule has 0 saturated carbocycles. The van der Waals surface area contributed by atoms with Gasteiger partial charge in [-0.1, -0.05) is 13.8 Å². The highest BCUT2D eigenvalue weighted by molar-refractivity contribution is 5.86. The summed E-state index contributed by atoms with van der Waals surface area (Å²) < 4.78 is 5.25. The first-order valence-corrected chi connectivity index (χ1v) is 7.16. The van der Waals surface area contributed by atoms with E-state index in [-0.39, 0.29) is 5.69 Å². The third-order valence-corrected chi connectivity index (χ3v) is 3.32. The number of nitrogens with zero attached hydrogens (tertiary/aromatic N) is 1. The van der Waals surface area contributed by atoms with Gasteiger partial charge in [-0.2, -0.15) is 0 Å². The highest BCUT2D eigenvalue weighted by Gasteiger charge is 2.10. The van der Waals surface area contributed by atoms with Gasteiger partial charge in [0.2, 0.25) is 0 Å². The van der Waals surface area contributed by atoms with Crippen molar-refractivity contribution in [3.63, 3.8) is 0 Å². The van der Waals surface area contributed by atoms with Crippen molar-refractivity contribution in [1.82, 2.24) is 0 Å². The predicted octanol–water partition coefficient (Wildman–Crippen LogP) is 3.56. The van der Waals surface area contributed by atoms with Gasteiger partial charge in [-0.15, -0.1) is 0 Å². The Balaban J connectivity index is 0.000000956. The number of hydrogen-bond acceptors (Lipinski definition) is 4. The molecule has 0 radical (unpaired) electrons. The number of benzene rings is 1. The van der Waals surface area contributed by atoms with Crippen LogP contribution in [0.15, 0.2) is 27.4 Å². The Morgan fingerprint density at radius 2 is 1.80 bits per heavy atom. The lowest BCUT2D eigenvalue weighted by atomic mass is 10.1. The van der Waals surface area contributed by atoms with Crippen LogP contribution in [-0.4, -0.2) is 13.1 Å². The lowest BCUT2D eigenvalue weighted by molar-refractivity contribution is 0.563. The molecule has 110 valence electrons. The van der Waals surface area contributed by atoms with Crippen molar-refractivity contribution in [3.05, 3.63) is 34.2 Å². The molecule has 0 aliphatic rings. The summed E-state index contributed by atoms with van der Waals surface area (Å²) in [4.78, 5) is 13.8. The Bertz CT molecular complexity index is 628. The zero-order valence-corrected chi connectivity index (χ0v) is 13.0. The smallest absolute Gasteiger partial charge is 0.359 e. The fourth-order valence-corrected chi connectivity index (χ4v) is 2.14. The van der Waals surface area contributed by atoms with Crippen LogP contribution in [0.4, 0.5) is 11.4 Å². The molecule has 1 aromatic heterocycles. The molecule has 0 saturated heterocycles. The molecule has 4 heteroatoms. The maximum absolute atomic E-state index is 11.6. The van der Waals surface area contributed by atoms with Gasteiger partial charge in [0, 0.05) is 30.2 Å². The SMILES string of the molecule is CC.CCN(CC)c1ccc2c(C)c(N)c(=O)oc2c1. The third-order valence-electron chi connectivity index (χ3n) is 3.32. The molecular weight excluding hydrogens is 252 g/mol. The number of nitrogen functional groups attached to an aromatic ring is 1. The monoisotopic (exact) mass is 276 g/mol. The summed E-state index contributed by atoms with van der Waals surface area (Å²) >= 11 is 0. The molecule has 0 bridgehead atoms. The van der Waals surface area contributed by atoms with E-state index >= 15 is 0 Å². The quantitative estimate of drug-likeness (QED) is 0.871. The molecular formula is C16H24N2O2. The number of rotatable bonds is 3. The molecule has 4 nitrogen and oxygen atoms in total. The summed E-state index contributed by atoms with van der Waals surface area (Å²) in [6, 6.07) is 5.88. The lowest BCUT2D eigenvalue weighted by Crippen LogP contribution is -2.21. The van der Waals surface area contributed by atoms with Crippen LogP contribution >= 0.6 is 0 Å². The van der Waals surface area contributed by atoms with Crippen molar-refractivity contribution in [2.24, 2.45) is 0 Å². The summed E-state index contributed by atoms with van der Waals surface area (Å²) in [5.41, 5.74) is 7.85. The normalized spacial score (nSPS) is 10.1. The molecule has 2 N–H and O–H groups in total. The van der Waals surface area contributed by atoms with E-state index in [9.17, 15) is 4.79 Å². The van der Waals surface area contributed by atoms with E-state index in [1.807, 2.05) is 39.0 Å². The van der Waals surface area contributed by atoms with Crippen LogP contribution in [0.3, 0.4) is 0 Å². The van der Waals surface area contributed by atoms with Crippen LogP contribution in [0, 0.1) is 6.92 Å². The minimum atomic E-state index is -0.461. The topological polar surface area (TPSA) is 59.5 Å². The number of anilines is 2. The minimum absolute atomic E-state index is 0.193. The average Bonchev–Trinajstić information content (AvgIpc) is 2.48. The van der Waals surface area contributed by atoms with E-state index < -0.39 is 5.63 Å². The molecule has 0 atom stereocenters. The highest BCUT2D eigenvalue weighted by atomic mass is 16.4. The molecule has 0 aliphatic heterocycles. The van der Waals surface area contributed by atoms with Gasteiger partial charge in [0.1, 0.15) is 11.3 Å². The van der Waals surface area contributed by atoms with E-state index in [0.717, 1.165) is 29.7 Å². The van der Waals surface area contributed by atoms with Gasteiger partial charge >= 0.3 is 5.63 Å². The van der Waals surface area contributed by atoms with Gasteiger partial charge in [-0.3, -0.25) is 0 Å². The zero-order chi connectivity index (χ0) is 15.3. The third kappa shape index (κ3) is 2.95. The molecule has 0 spiro atoms. The summed E-state index contributed by atoms with van der Waals surface area (Å²) in [7, 11) is 0. The Morgan fingerprint density at radius 3 is 2.35 bits per heavy atom. The lowest BCUT2D eigenvalue weighted by Gasteiger charge is -2.21. The fourth-order valence-electron chi connectivity index (χ4n) is 2.14. The van der Waals surface area contributed by atoms with Crippen molar-refractivity contribution >= 4 is 22.3 Å². The maximum atomic E-state index is 11.6. The second kappa shape index (κ2) is 6.98. The number of aryl methyl sites for hydroxylation is 1. The first-order chi connectivity index (χ1) is 9.58. The van der Waals surface area contributed by atoms with Crippen LogP contribution < -0.4 is 16.3 Å². The molecule has 0 amide bonds. The van der Waals surface area contributed by atoms with Crippen LogP contribution in [0.25, 0.3) is 11.0 Å². The number of hydrogen-bond donors (Lipinski definition) is 1. The molecule has 2 aromatic rings. The van der Waals surface area contributed by atoms with Crippen molar-refractivity contribution in [2.45, 2.75) is 34.6 Å². The Hall–Kier alpha value is -1.97. The van der Waals surface area contributed by atoms with E-state index in [0.29, 0.717) is 5.58 Å². The largest absolute Gasteiger partial charge is 0.421 e. The van der Waals surface area contributed by atoms with Crippen molar-refractivity contribution in [2.75, 3.05) is 23.7 Å². The Labute approximate surface area is 120 Å². The van der Waals surface area contributed by atoms with Crippen LogP contribution in [0.1, 0.15) is 33.3 Å². The molecule has 20 heavy (non-hydrogen) atoms. The fraction of sp³-hybridized carbons (Fsp3) is 0.438. The second-order valence-electron chi connectivity index (χ2n) is 4.28. The summed E-state index contributed by atoms with van der Waals surface area (Å²) in [6.45, 7) is 11.9. The van der Waals surface area contributed by atoms with Gasteiger partial charge in [0.15, 0.2) is 0 Å². The first-order valence-electron chi connectivity index (χ1n) is 7.16. The molecule has 1 aromatic carbocycles.